The van der Waals surface area contributed by atoms with E-state index in [0.717, 1.165) is 35.2 Å². The summed E-state index contributed by atoms with van der Waals surface area (Å²) >= 11 is 0. The average molecular weight is 557 g/mol. The smallest absolute Gasteiger partial charge is 0.248 e. The average Bonchev–Trinajstić information content (AvgIpc) is 3.54. The summed E-state index contributed by atoms with van der Waals surface area (Å²) in [5.41, 5.74) is 11.9. The van der Waals surface area contributed by atoms with Crippen LogP contribution in [-0.2, 0) is 11.4 Å². The number of aromatic nitrogens is 4. The number of ether oxygens (including phenoxy) is 1. The number of piperidine rings is 1. The molecular weight excluding hydrogens is 524 g/mol. The molecule has 2 aliphatic heterocycles. The molecule has 11 nitrogen and oxygen atoms in total. The molecule has 2 saturated heterocycles. The highest BCUT2D eigenvalue weighted by atomic mass is 16.5. The maximum absolute atomic E-state index is 12.8. The Morgan fingerprint density at radius 1 is 1.07 bits per heavy atom. The number of carbonyl (C=O) groups is 2. The molecule has 0 unspecified atom stereocenters. The van der Waals surface area contributed by atoms with Crippen molar-refractivity contribution in [2.75, 3.05) is 19.5 Å². The third-order valence-corrected chi connectivity index (χ3v) is 8.43. The van der Waals surface area contributed by atoms with Crippen molar-refractivity contribution in [3.8, 4) is 28.1 Å². The summed E-state index contributed by atoms with van der Waals surface area (Å²) in [7, 11) is 1.56. The SMILES string of the molecule is COc1ccc(-c2ccc(-c3cnn4c(N)c(C(C)=O)c([C@@H]5C[C@H]6CC[C@@H](C5)N6C(=O)CO)nc34)cn2)cc1CO. The van der Waals surface area contributed by atoms with Gasteiger partial charge in [-0.2, -0.15) is 9.61 Å². The minimum atomic E-state index is -0.499. The van der Waals surface area contributed by atoms with E-state index in [1.54, 1.807) is 25.6 Å². The van der Waals surface area contributed by atoms with Crippen LogP contribution in [0.2, 0.25) is 0 Å². The van der Waals surface area contributed by atoms with E-state index < -0.39 is 6.61 Å². The highest BCUT2D eigenvalue weighted by molar-refractivity contribution is 6.00. The summed E-state index contributed by atoms with van der Waals surface area (Å²) in [5, 5.41) is 23.6. The summed E-state index contributed by atoms with van der Waals surface area (Å²) < 4.78 is 6.80. The van der Waals surface area contributed by atoms with Crippen molar-refractivity contribution in [2.45, 2.75) is 57.2 Å². The molecule has 2 fully saturated rings. The van der Waals surface area contributed by atoms with E-state index in [-0.39, 0.29) is 42.1 Å². The van der Waals surface area contributed by atoms with Crippen LogP contribution < -0.4 is 10.5 Å². The lowest BCUT2D eigenvalue weighted by molar-refractivity contribution is -0.138. The molecule has 41 heavy (non-hydrogen) atoms. The fourth-order valence-electron chi connectivity index (χ4n) is 6.57. The van der Waals surface area contributed by atoms with Crippen molar-refractivity contribution in [2.24, 2.45) is 0 Å². The Hall–Kier alpha value is -4.35. The molecule has 3 atom stereocenters. The molecule has 0 saturated carbocycles. The maximum atomic E-state index is 12.8. The van der Waals surface area contributed by atoms with Crippen LogP contribution in [0.25, 0.3) is 28.0 Å². The van der Waals surface area contributed by atoms with Gasteiger partial charge in [0.15, 0.2) is 11.4 Å². The number of nitrogens with zero attached hydrogens (tertiary/aromatic N) is 5. The van der Waals surface area contributed by atoms with Gasteiger partial charge in [0.1, 0.15) is 18.2 Å². The number of rotatable bonds is 7. The molecule has 4 N–H and O–H groups in total. The normalized spacial score (nSPS) is 20.0. The van der Waals surface area contributed by atoms with Gasteiger partial charge in [-0.1, -0.05) is 6.07 Å². The lowest BCUT2D eigenvalue weighted by Crippen LogP contribution is -2.47. The summed E-state index contributed by atoms with van der Waals surface area (Å²) in [6, 6.07) is 9.37. The van der Waals surface area contributed by atoms with Gasteiger partial charge >= 0.3 is 0 Å². The van der Waals surface area contributed by atoms with Crippen LogP contribution in [0.15, 0.2) is 42.7 Å². The summed E-state index contributed by atoms with van der Waals surface area (Å²) in [5.74, 6) is 0.368. The first kappa shape index (κ1) is 26.9. The highest BCUT2D eigenvalue weighted by Gasteiger charge is 2.44. The predicted molar refractivity (Wildman–Crippen MR) is 151 cm³/mol. The molecule has 4 aromatic rings. The van der Waals surface area contributed by atoms with Crippen molar-refractivity contribution in [1.29, 1.82) is 0 Å². The second-order valence-electron chi connectivity index (χ2n) is 10.7. The zero-order chi connectivity index (χ0) is 28.8. The molecule has 2 bridgehead atoms. The first-order valence-corrected chi connectivity index (χ1v) is 13.7. The summed E-state index contributed by atoms with van der Waals surface area (Å²) in [6.07, 6.45) is 6.45. The fourth-order valence-corrected chi connectivity index (χ4v) is 6.57. The zero-order valence-electron chi connectivity index (χ0n) is 22.9. The van der Waals surface area contributed by atoms with Gasteiger partial charge in [0.25, 0.3) is 0 Å². The number of hydrogen-bond donors (Lipinski definition) is 3. The van der Waals surface area contributed by atoms with Crippen LogP contribution in [0.1, 0.15) is 60.1 Å². The number of anilines is 1. The van der Waals surface area contributed by atoms with Gasteiger partial charge in [-0.05, 0) is 56.9 Å². The monoisotopic (exact) mass is 556 g/mol. The Labute approximate surface area is 236 Å². The Balaban J connectivity index is 1.38. The van der Waals surface area contributed by atoms with Crippen LogP contribution in [0.5, 0.6) is 5.75 Å². The molecule has 212 valence electrons. The number of nitrogen functional groups attached to an aromatic ring is 1. The summed E-state index contributed by atoms with van der Waals surface area (Å²) in [6.45, 7) is 0.837. The number of amides is 1. The van der Waals surface area contributed by atoms with Gasteiger partial charge in [0.2, 0.25) is 5.91 Å². The Morgan fingerprint density at radius 2 is 1.80 bits per heavy atom. The second-order valence-corrected chi connectivity index (χ2v) is 10.7. The van der Waals surface area contributed by atoms with Crippen molar-refractivity contribution < 1.29 is 24.5 Å². The van der Waals surface area contributed by atoms with Crippen LogP contribution in [-0.4, -0.2) is 72.2 Å². The van der Waals surface area contributed by atoms with Gasteiger partial charge in [0.05, 0.1) is 36.9 Å². The third-order valence-electron chi connectivity index (χ3n) is 8.43. The first-order chi connectivity index (χ1) is 19.8. The Kier molecular flexibility index (Phi) is 6.92. The standard InChI is InChI=1S/C30H32N6O5/c1-16(39)27-28(19-10-21-5-6-22(11-19)35(21)26(40)15-38)34-30-23(13-33-36(30)29(27)31)18-3-7-24(32-12-18)17-4-8-25(41-2)20(9-17)14-37/h3-4,7-9,12-13,19,21-22,37-38H,5-6,10-11,14-15,31H2,1-2H3/t19-,21-,22+. The lowest BCUT2D eigenvalue weighted by Gasteiger charge is -2.39. The first-order valence-electron chi connectivity index (χ1n) is 13.7. The van der Waals surface area contributed by atoms with Crippen molar-refractivity contribution in [3.05, 3.63) is 59.5 Å². The molecule has 0 radical (unpaired) electrons. The van der Waals surface area contributed by atoms with E-state index in [1.807, 2.05) is 29.2 Å². The molecular formula is C30H32N6O5. The molecule has 2 aliphatic rings. The molecule has 0 aliphatic carbocycles. The summed E-state index contributed by atoms with van der Waals surface area (Å²) in [4.78, 5) is 36.7. The van der Waals surface area contributed by atoms with E-state index in [0.29, 0.717) is 41.1 Å². The third kappa shape index (κ3) is 4.51. The minimum absolute atomic E-state index is 0.00267. The number of pyridine rings is 1. The molecule has 11 heteroatoms. The van der Waals surface area contributed by atoms with E-state index in [9.17, 15) is 19.8 Å². The fraction of sp³-hybridized carbons (Fsp3) is 0.367. The van der Waals surface area contributed by atoms with Gasteiger partial charge in [-0.25, -0.2) is 4.98 Å². The van der Waals surface area contributed by atoms with E-state index >= 15 is 0 Å². The molecule has 3 aromatic heterocycles. The Bertz CT molecular complexity index is 1640. The van der Waals surface area contributed by atoms with Gasteiger partial charge in [-0.3, -0.25) is 14.6 Å². The largest absolute Gasteiger partial charge is 0.496 e. The van der Waals surface area contributed by atoms with E-state index in [1.165, 1.54) is 11.4 Å². The van der Waals surface area contributed by atoms with Gasteiger partial charge in [-0.15, -0.1) is 0 Å². The number of hydrogen-bond acceptors (Lipinski definition) is 9. The topological polar surface area (TPSA) is 156 Å². The van der Waals surface area contributed by atoms with E-state index in [2.05, 4.69) is 10.1 Å². The lowest BCUT2D eigenvalue weighted by atomic mass is 9.85. The molecule has 0 spiro atoms. The number of benzene rings is 1. The Morgan fingerprint density at radius 3 is 2.41 bits per heavy atom. The molecule has 1 amide bonds. The van der Waals surface area contributed by atoms with Crippen molar-refractivity contribution >= 4 is 23.2 Å². The minimum Gasteiger partial charge on any atom is -0.496 e. The van der Waals surface area contributed by atoms with Crippen LogP contribution in [0.3, 0.4) is 0 Å². The number of fused-ring (bicyclic) bond motifs is 3. The van der Waals surface area contributed by atoms with Gasteiger partial charge < -0.3 is 25.6 Å². The van der Waals surface area contributed by atoms with E-state index in [4.69, 9.17) is 15.5 Å². The van der Waals surface area contributed by atoms with Crippen LogP contribution >= 0.6 is 0 Å². The van der Waals surface area contributed by atoms with Crippen molar-refractivity contribution in [3.63, 3.8) is 0 Å². The number of Topliss-reactive ketones (excluding diaryl/α,β-unsaturated/α-hetero) is 1. The van der Waals surface area contributed by atoms with Crippen LogP contribution in [0, 0.1) is 0 Å². The van der Waals surface area contributed by atoms with Gasteiger partial charge in [0, 0.05) is 46.5 Å². The number of ketones is 1. The number of carbonyl (C=O) groups excluding carboxylic acids is 2. The molecule has 1 aromatic carbocycles. The van der Waals surface area contributed by atoms with Crippen molar-refractivity contribution in [1.82, 2.24) is 24.5 Å². The number of methoxy groups -OCH3 is 1. The maximum Gasteiger partial charge on any atom is 0.248 e. The predicted octanol–water partition coefficient (Wildman–Crippen LogP) is 2.97. The number of aliphatic hydroxyl groups is 2. The zero-order valence-corrected chi connectivity index (χ0v) is 22.9. The quantitative estimate of drug-likeness (QED) is 0.291. The molecule has 5 heterocycles. The second kappa shape index (κ2) is 10.6. The van der Waals surface area contributed by atoms with Crippen LogP contribution in [0.4, 0.5) is 5.82 Å². The molecule has 6 rings (SSSR count). The number of aliphatic hydroxyl groups excluding tert-OH is 2. The number of nitrogens with two attached hydrogens (primary N) is 1. The highest BCUT2D eigenvalue weighted by Crippen LogP contribution is 2.44.